The van der Waals surface area contributed by atoms with Gasteiger partial charge in [0, 0.05) is 40.9 Å². The van der Waals surface area contributed by atoms with Crippen LogP contribution in [-0.4, -0.2) is 24.4 Å². The van der Waals surface area contributed by atoms with E-state index in [0.29, 0.717) is 17.7 Å². The van der Waals surface area contributed by atoms with Crippen LogP contribution in [0.1, 0.15) is 5.56 Å². The van der Waals surface area contributed by atoms with Crippen molar-refractivity contribution >= 4 is 43.4 Å². The van der Waals surface area contributed by atoms with E-state index in [1.54, 1.807) is 42.7 Å². The van der Waals surface area contributed by atoms with Crippen molar-refractivity contribution in [2.45, 2.75) is 16.3 Å². The number of nitrogens with one attached hydrogen (secondary N) is 3. The Morgan fingerprint density at radius 3 is 2.45 bits per heavy atom. The Labute approximate surface area is 190 Å². The highest BCUT2D eigenvalue weighted by Gasteiger charge is 2.22. The van der Waals surface area contributed by atoms with Gasteiger partial charge in [0.1, 0.15) is 0 Å². The molecule has 2 heterocycles. The highest BCUT2D eigenvalue weighted by atomic mass is 32.2. The van der Waals surface area contributed by atoms with Gasteiger partial charge in [0.25, 0.3) is 0 Å². The van der Waals surface area contributed by atoms with E-state index in [-0.39, 0.29) is 9.79 Å². The lowest BCUT2D eigenvalue weighted by molar-refractivity contribution is 0.251. The fraction of sp³-hybridized carbons (Fsp3) is 0.0400. The SMILES string of the molecule is O=C(NCc1cccnc1)Nc1ccc(S(=O)(=O)c2cccc3c2[nH]c2ccccc23)cc1. The summed E-state index contributed by atoms with van der Waals surface area (Å²) >= 11 is 0. The third kappa shape index (κ3) is 4.04. The first-order valence-corrected chi connectivity index (χ1v) is 11.8. The van der Waals surface area contributed by atoms with Crippen molar-refractivity contribution in [2.24, 2.45) is 0 Å². The Kier molecular flexibility index (Phi) is 5.27. The van der Waals surface area contributed by atoms with Gasteiger partial charge in [0.2, 0.25) is 9.84 Å². The molecule has 7 nitrogen and oxygen atoms in total. The number of aromatic nitrogens is 2. The molecule has 5 rings (SSSR count). The van der Waals surface area contributed by atoms with Crippen LogP contribution in [0, 0.1) is 0 Å². The van der Waals surface area contributed by atoms with E-state index in [0.717, 1.165) is 21.9 Å². The number of hydrogen-bond acceptors (Lipinski definition) is 4. The molecule has 33 heavy (non-hydrogen) atoms. The second kappa shape index (κ2) is 8.40. The van der Waals surface area contributed by atoms with Gasteiger partial charge in [-0.15, -0.1) is 0 Å². The molecule has 0 unspecified atom stereocenters. The molecule has 0 saturated heterocycles. The number of carbonyl (C=O) groups excluding carboxylic acids is 1. The number of nitrogens with zero attached hydrogens (tertiary/aromatic N) is 1. The third-order valence-corrected chi connectivity index (χ3v) is 7.20. The number of hydrogen-bond donors (Lipinski definition) is 3. The maximum absolute atomic E-state index is 13.4. The normalized spacial score (nSPS) is 11.5. The molecule has 3 aromatic carbocycles. The Balaban J connectivity index is 1.37. The molecular formula is C25H20N4O3S. The van der Waals surface area contributed by atoms with E-state index < -0.39 is 15.9 Å². The van der Waals surface area contributed by atoms with Crippen LogP contribution >= 0.6 is 0 Å². The molecule has 2 aromatic heterocycles. The van der Waals surface area contributed by atoms with E-state index in [2.05, 4.69) is 20.6 Å². The van der Waals surface area contributed by atoms with E-state index in [1.807, 2.05) is 36.4 Å². The van der Waals surface area contributed by atoms with Crippen molar-refractivity contribution in [1.82, 2.24) is 15.3 Å². The second-order valence-electron chi connectivity index (χ2n) is 7.55. The summed E-state index contributed by atoms with van der Waals surface area (Å²) in [4.78, 5) is 19.8. The minimum absolute atomic E-state index is 0.148. The molecule has 0 radical (unpaired) electrons. The number of amides is 2. The Bertz CT molecular complexity index is 1560. The van der Waals surface area contributed by atoms with Crippen LogP contribution in [0.3, 0.4) is 0 Å². The molecule has 8 heteroatoms. The molecular weight excluding hydrogens is 436 g/mol. The topological polar surface area (TPSA) is 104 Å². The van der Waals surface area contributed by atoms with Gasteiger partial charge < -0.3 is 15.6 Å². The molecule has 164 valence electrons. The Morgan fingerprint density at radius 2 is 1.67 bits per heavy atom. The van der Waals surface area contributed by atoms with Crippen LogP contribution in [0.2, 0.25) is 0 Å². The van der Waals surface area contributed by atoms with Crippen LogP contribution in [0.5, 0.6) is 0 Å². The fourth-order valence-electron chi connectivity index (χ4n) is 3.77. The average Bonchev–Trinajstić information content (AvgIpc) is 3.22. The molecule has 0 atom stereocenters. The monoisotopic (exact) mass is 456 g/mol. The van der Waals surface area contributed by atoms with Crippen LogP contribution < -0.4 is 10.6 Å². The van der Waals surface area contributed by atoms with E-state index in [1.165, 1.54) is 12.1 Å². The van der Waals surface area contributed by atoms with Crippen LogP contribution in [0.4, 0.5) is 10.5 Å². The van der Waals surface area contributed by atoms with Gasteiger partial charge in [-0.25, -0.2) is 13.2 Å². The van der Waals surface area contributed by atoms with Crippen molar-refractivity contribution in [3.05, 3.63) is 96.8 Å². The first-order valence-electron chi connectivity index (χ1n) is 10.3. The van der Waals surface area contributed by atoms with Crippen molar-refractivity contribution in [3.8, 4) is 0 Å². The molecule has 0 saturated carbocycles. The Hall–Kier alpha value is -4.17. The number of urea groups is 1. The number of fused-ring (bicyclic) bond motifs is 3. The first kappa shape index (κ1) is 20.7. The Morgan fingerprint density at radius 1 is 0.879 bits per heavy atom. The van der Waals surface area contributed by atoms with E-state index in [9.17, 15) is 13.2 Å². The number of pyridine rings is 1. The summed E-state index contributed by atoms with van der Waals surface area (Å²) < 4.78 is 26.8. The number of para-hydroxylation sites is 2. The second-order valence-corrected chi connectivity index (χ2v) is 9.46. The summed E-state index contributed by atoms with van der Waals surface area (Å²) in [6, 6.07) is 22.4. The van der Waals surface area contributed by atoms with Gasteiger partial charge in [-0.1, -0.05) is 36.4 Å². The summed E-state index contributed by atoms with van der Waals surface area (Å²) in [5.41, 5.74) is 2.82. The minimum Gasteiger partial charge on any atom is -0.353 e. The van der Waals surface area contributed by atoms with E-state index in [4.69, 9.17) is 0 Å². The predicted molar refractivity (Wildman–Crippen MR) is 128 cm³/mol. The summed E-state index contributed by atoms with van der Waals surface area (Å²) in [6.07, 6.45) is 3.34. The number of carbonyl (C=O) groups is 1. The van der Waals surface area contributed by atoms with Crippen LogP contribution in [-0.2, 0) is 16.4 Å². The lowest BCUT2D eigenvalue weighted by atomic mass is 10.1. The molecule has 0 aliphatic carbocycles. The average molecular weight is 457 g/mol. The number of aromatic amines is 1. The van der Waals surface area contributed by atoms with E-state index >= 15 is 0 Å². The zero-order valence-corrected chi connectivity index (χ0v) is 18.3. The largest absolute Gasteiger partial charge is 0.353 e. The van der Waals surface area contributed by atoms with Gasteiger partial charge in [0.15, 0.2) is 0 Å². The van der Waals surface area contributed by atoms with Gasteiger partial charge in [0.05, 0.1) is 15.3 Å². The number of H-pyrrole nitrogens is 1. The first-order chi connectivity index (χ1) is 16.0. The maximum atomic E-state index is 13.4. The molecule has 2 amide bonds. The summed E-state index contributed by atoms with van der Waals surface area (Å²) in [7, 11) is -3.77. The zero-order valence-electron chi connectivity index (χ0n) is 17.4. The third-order valence-electron chi connectivity index (χ3n) is 5.39. The highest BCUT2D eigenvalue weighted by molar-refractivity contribution is 7.91. The molecule has 0 fully saturated rings. The summed E-state index contributed by atoms with van der Waals surface area (Å²) in [5.74, 6) is 0. The van der Waals surface area contributed by atoms with Crippen LogP contribution in [0.15, 0.2) is 101 Å². The zero-order chi connectivity index (χ0) is 22.8. The van der Waals surface area contributed by atoms with Crippen LogP contribution in [0.25, 0.3) is 21.8 Å². The highest BCUT2D eigenvalue weighted by Crippen LogP contribution is 2.32. The summed E-state index contributed by atoms with van der Waals surface area (Å²) in [6.45, 7) is 0.334. The van der Waals surface area contributed by atoms with Gasteiger partial charge in [-0.2, -0.15) is 0 Å². The number of sulfone groups is 1. The quantitative estimate of drug-likeness (QED) is 0.351. The van der Waals surface area contributed by atoms with Crippen molar-refractivity contribution < 1.29 is 13.2 Å². The number of anilines is 1. The van der Waals surface area contributed by atoms with Gasteiger partial charge in [-0.3, -0.25) is 4.98 Å². The van der Waals surface area contributed by atoms with Crippen molar-refractivity contribution in [1.29, 1.82) is 0 Å². The number of rotatable bonds is 5. The lowest BCUT2D eigenvalue weighted by Crippen LogP contribution is -2.28. The maximum Gasteiger partial charge on any atom is 0.319 e. The van der Waals surface area contributed by atoms with Crippen molar-refractivity contribution in [2.75, 3.05) is 5.32 Å². The molecule has 0 spiro atoms. The molecule has 5 aromatic rings. The lowest BCUT2D eigenvalue weighted by Gasteiger charge is -2.09. The molecule has 0 aliphatic rings. The minimum atomic E-state index is -3.77. The van der Waals surface area contributed by atoms with Gasteiger partial charge >= 0.3 is 6.03 Å². The molecule has 0 bridgehead atoms. The predicted octanol–water partition coefficient (Wildman–Crippen LogP) is 4.87. The number of benzene rings is 3. The summed E-state index contributed by atoms with van der Waals surface area (Å²) in [5, 5.41) is 7.28. The smallest absolute Gasteiger partial charge is 0.319 e. The molecule has 3 N–H and O–H groups in total. The fourth-order valence-corrected chi connectivity index (χ4v) is 5.21. The van der Waals surface area contributed by atoms with Gasteiger partial charge in [-0.05, 0) is 48.0 Å². The van der Waals surface area contributed by atoms with Crippen molar-refractivity contribution in [3.63, 3.8) is 0 Å². The standard InChI is InChI=1S/C25H20N4O3S/c30-25(27-16-17-5-4-14-26-15-17)28-18-10-12-19(13-11-18)33(31,32)23-9-3-7-21-20-6-1-2-8-22(20)29-24(21)23/h1-15,29H,16H2,(H2,27,28,30). The molecule has 0 aliphatic heterocycles.